The predicted octanol–water partition coefficient (Wildman–Crippen LogP) is 4.05. The van der Waals surface area contributed by atoms with Gasteiger partial charge in [0.25, 0.3) is 0 Å². The average Bonchev–Trinajstić information content (AvgIpc) is 2.90. The molecular weight excluding hydrogens is 378 g/mol. The van der Waals surface area contributed by atoms with Gasteiger partial charge in [-0.1, -0.05) is 11.6 Å². The van der Waals surface area contributed by atoms with Gasteiger partial charge in [-0.3, -0.25) is 0 Å². The number of nitriles is 1. The molecule has 8 heteroatoms. The number of rotatable bonds is 2. The highest BCUT2D eigenvalue weighted by molar-refractivity contribution is 6.29. The molecule has 3 heterocycles. The van der Waals surface area contributed by atoms with Crippen molar-refractivity contribution in [2.45, 2.75) is 32.8 Å². The van der Waals surface area contributed by atoms with E-state index in [0.29, 0.717) is 30.4 Å². The molecule has 0 spiro atoms. The van der Waals surface area contributed by atoms with Crippen LogP contribution in [0.25, 0.3) is 11.3 Å². The summed E-state index contributed by atoms with van der Waals surface area (Å²) in [6, 6.07) is 7.67. The third kappa shape index (κ3) is 4.76. The van der Waals surface area contributed by atoms with Crippen molar-refractivity contribution in [2.24, 2.45) is 0 Å². The summed E-state index contributed by atoms with van der Waals surface area (Å²) in [7, 11) is 0. The van der Waals surface area contributed by atoms with Crippen LogP contribution in [0.4, 0.5) is 10.6 Å². The summed E-state index contributed by atoms with van der Waals surface area (Å²) < 4.78 is 5.48. The summed E-state index contributed by atoms with van der Waals surface area (Å²) in [6.07, 6.45) is 2.13. The van der Waals surface area contributed by atoms with Crippen molar-refractivity contribution in [3.8, 4) is 17.3 Å². The molecule has 2 aromatic heterocycles. The smallest absolute Gasteiger partial charge is 0.410 e. The molecule has 7 nitrogen and oxygen atoms in total. The van der Waals surface area contributed by atoms with E-state index in [1.807, 2.05) is 32.9 Å². The number of pyridine rings is 1. The van der Waals surface area contributed by atoms with Gasteiger partial charge in [-0.25, -0.2) is 9.78 Å². The zero-order valence-corrected chi connectivity index (χ0v) is 17.1. The van der Waals surface area contributed by atoms with Crippen molar-refractivity contribution >= 4 is 23.5 Å². The molecule has 0 radical (unpaired) electrons. The third-order valence-electron chi connectivity index (χ3n) is 4.42. The lowest BCUT2D eigenvalue weighted by Crippen LogP contribution is -2.39. The van der Waals surface area contributed by atoms with Crippen molar-refractivity contribution in [1.82, 2.24) is 14.9 Å². The fraction of sp³-hybridized carbons (Fsp3) is 0.450. The summed E-state index contributed by atoms with van der Waals surface area (Å²) >= 11 is 5.99. The van der Waals surface area contributed by atoms with E-state index in [2.05, 4.69) is 20.9 Å². The number of carbonyl (C=O) groups is 1. The molecule has 0 aromatic carbocycles. The Kier molecular flexibility index (Phi) is 5.80. The lowest BCUT2D eigenvalue weighted by Gasteiger charge is -2.26. The molecular formula is C20H24ClN5O2. The van der Waals surface area contributed by atoms with Crippen LogP contribution < -0.4 is 4.90 Å². The van der Waals surface area contributed by atoms with E-state index >= 15 is 0 Å². The van der Waals surface area contributed by atoms with Gasteiger partial charge in [0.15, 0.2) is 0 Å². The van der Waals surface area contributed by atoms with Crippen LogP contribution in [0.5, 0.6) is 0 Å². The summed E-state index contributed by atoms with van der Waals surface area (Å²) in [5, 5.41) is 9.98. The van der Waals surface area contributed by atoms with Crippen LogP contribution in [0.2, 0.25) is 5.15 Å². The number of nitrogens with zero attached hydrogens (tertiary/aromatic N) is 4. The van der Waals surface area contributed by atoms with Gasteiger partial charge in [0.2, 0.25) is 0 Å². The molecule has 0 atom stereocenters. The molecule has 0 unspecified atom stereocenters. The number of aromatic amines is 1. The number of amides is 1. The zero-order valence-electron chi connectivity index (χ0n) is 16.3. The quantitative estimate of drug-likeness (QED) is 0.767. The molecule has 148 valence electrons. The Balaban J connectivity index is 1.77. The summed E-state index contributed by atoms with van der Waals surface area (Å²) in [5.74, 6) is 0.761. The van der Waals surface area contributed by atoms with Crippen LogP contribution >= 0.6 is 11.6 Å². The van der Waals surface area contributed by atoms with Crippen molar-refractivity contribution in [3.05, 3.63) is 35.1 Å². The first kappa shape index (κ1) is 20.0. The Morgan fingerprint density at radius 2 is 2.07 bits per heavy atom. The summed E-state index contributed by atoms with van der Waals surface area (Å²) in [6.45, 7) is 8.10. The first-order valence-corrected chi connectivity index (χ1v) is 9.62. The first-order chi connectivity index (χ1) is 13.3. The molecule has 1 amide bonds. The van der Waals surface area contributed by atoms with E-state index in [0.717, 1.165) is 30.0 Å². The number of H-pyrrole nitrogens is 1. The molecule has 1 N–H and O–H groups in total. The molecule has 2 aromatic rings. The van der Waals surface area contributed by atoms with Gasteiger partial charge in [0.05, 0.1) is 5.56 Å². The number of carbonyl (C=O) groups excluding carboxylic acids is 1. The largest absolute Gasteiger partial charge is 0.444 e. The van der Waals surface area contributed by atoms with E-state index < -0.39 is 5.60 Å². The van der Waals surface area contributed by atoms with Crippen LogP contribution in [0.3, 0.4) is 0 Å². The van der Waals surface area contributed by atoms with Crippen LogP contribution in [-0.2, 0) is 4.74 Å². The van der Waals surface area contributed by atoms with Crippen LogP contribution in [0.15, 0.2) is 24.4 Å². The lowest BCUT2D eigenvalue weighted by atomic mass is 10.2. The number of ether oxygens (including phenoxy) is 1. The van der Waals surface area contributed by atoms with Crippen molar-refractivity contribution < 1.29 is 9.53 Å². The third-order valence-corrected chi connectivity index (χ3v) is 4.63. The first-order valence-electron chi connectivity index (χ1n) is 9.25. The number of hydrogen-bond donors (Lipinski definition) is 1. The fourth-order valence-corrected chi connectivity index (χ4v) is 3.33. The van der Waals surface area contributed by atoms with Gasteiger partial charge in [0, 0.05) is 43.6 Å². The van der Waals surface area contributed by atoms with Crippen molar-refractivity contribution in [1.29, 1.82) is 5.26 Å². The number of nitrogens with one attached hydrogen (secondary N) is 1. The predicted molar refractivity (Wildman–Crippen MR) is 108 cm³/mol. The Hall–Kier alpha value is -2.72. The minimum atomic E-state index is -0.517. The SMILES string of the molecule is CC(C)(C)OC(=O)N1CCCN(c2[nH]c(-c3ccnc(Cl)c3)cc2C#N)CC1. The molecule has 1 fully saturated rings. The highest BCUT2D eigenvalue weighted by atomic mass is 35.5. The van der Waals surface area contributed by atoms with Gasteiger partial charge in [-0.2, -0.15) is 5.26 Å². The van der Waals surface area contributed by atoms with Crippen molar-refractivity contribution in [3.63, 3.8) is 0 Å². The molecule has 0 saturated carbocycles. The minimum Gasteiger partial charge on any atom is -0.444 e. The maximum atomic E-state index is 12.4. The minimum absolute atomic E-state index is 0.298. The second kappa shape index (κ2) is 8.11. The van der Waals surface area contributed by atoms with E-state index in [-0.39, 0.29) is 6.09 Å². The standard InChI is InChI=1S/C20H24ClN5O2/c1-20(2,3)28-19(27)26-8-4-7-25(9-10-26)18-15(13-22)11-16(24-18)14-5-6-23-17(21)12-14/h5-6,11-12,24H,4,7-10H2,1-3H3. The van der Waals surface area contributed by atoms with E-state index in [1.54, 1.807) is 17.2 Å². The Bertz CT molecular complexity index is 897. The second-order valence-electron chi connectivity index (χ2n) is 7.73. The van der Waals surface area contributed by atoms with E-state index in [9.17, 15) is 10.1 Å². The van der Waals surface area contributed by atoms with Crippen LogP contribution in [0, 0.1) is 11.3 Å². The lowest BCUT2D eigenvalue weighted by molar-refractivity contribution is 0.0263. The summed E-state index contributed by atoms with van der Waals surface area (Å²) in [4.78, 5) is 23.5. The maximum Gasteiger partial charge on any atom is 0.410 e. The monoisotopic (exact) mass is 401 g/mol. The molecule has 1 saturated heterocycles. The average molecular weight is 402 g/mol. The van der Waals surface area contributed by atoms with Crippen LogP contribution in [0.1, 0.15) is 32.8 Å². The summed E-state index contributed by atoms with van der Waals surface area (Å²) in [5.41, 5.74) is 1.72. The zero-order chi connectivity index (χ0) is 20.3. The Morgan fingerprint density at radius 1 is 1.29 bits per heavy atom. The van der Waals surface area contributed by atoms with Gasteiger partial charge in [0.1, 0.15) is 22.6 Å². The highest BCUT2D eigenvalue weighted by Gasteiger charge is 2.26. The normalized spacial score (nSPS) is 15.1. The maximum absolute atomic E-state index is 12.4. The van der Waals surface area contributed by atoms with Crippen LogP contribution in [-0.4, -0.2) is 52.7 Å². The number of aromatic nitrogens is 2. The molecule has 3 rings (SSSR count). The molecule has 1 aliphatic rings. The molecule has 28 heavy (non-hydrogen) atoms. The number of hydrogen-bond acceptors (Lipinski definition) is 5. The topological polar surface area (TPSA) is 85.2 Å². The molecule has 1 aliphatic heterocycles. The molecule has 0 aliphatic carbocycles. The van der Waals surface area contributed by atoms with Gasteiger partial charge in [-0.05, 0) is 45.4 Å². The number of anilines is 1. The van der Waals surface area contributed by atoms with Gasteiger partial charge < -0.3 is 19.5 Å². The Morgan fingerprint density at radius 3 is 2.75 bits per heavy atom. The van der Waals surface area contributed by atoms with Gasteiger partial charge in [-0.15, -0.1) is 0 Å². The second-order valence-corrected chi connectivity index (χ2v) is 8.12. The van der Waals surface area contributed by atoms with E-state index in [4.69, 9.17) is 16.3 Å². The Labute approximate surface area is 169 Å². The number of halogens is 1. The van der Waals surface area contributed by atoms with Crippen molar-refractivity contribution in [2.75, 3.05) is 31.1 Å². The fourth-order valence-electron chi connectivity index (χ4n) is 3.15. The highest BCUT2D eigenvalue weighted by Crippen LogP contribution is 2.29. The molecule has 0 bridgehead atoms. The van der Waals surface area contributed by atoms with E-state index in [1.165, 1.54) is 0 Å². The van der Waals surface area contributed by atoms with Gasteiger partial charge >= 0.3 is 6.09 Å².